The molecule has 0 bridgehead atoms. The van der Waals surface area contributed by atoms with Crippen molar-refractivity contribution in [1.82, 2.24) is 9.78 Å². The molecule has 7 heteroatoms. The topological polar surface area (TPSA) is 91.4 Å². The van der Waals surface area contributed by atoms with E-state index in [-0.39, 0.29) is 6.04 Å². The van der Waals surface area contributed by atoms with Gasteiger partial charge in [-0.2, -0.15) is 5.10 Å². The number of nitrogens with one attached hydrogen (secondary N) is 1. The van der Waals surface area contributed by atoms with Crippen LogP contribution in [0.1, 0.15) is 30.1 Å². The van der Waals surface area contributed by atoms with E-state index in [0.717, 1.165) is 26.1 Å². The molecule has 1 aromatic rings. The van der Waals surface area contributed by atoms with Crippen LogP contribution >= 0.6 is 0 Å². The highest BCUT2D eigenvalue weighted by Crippen LogP contribution is 2.24. The van der Waals surface area contributed by atoms with Crippen LogP contribution in [0.15, 0.2) is 0 Å². The Hall–Kier alpha value is -1.76. The molecular weight excluding hydrogens is 248 g/mol. The number of nitrogens with two attached hydrogens (primary N) is 1. The van der Waals surface area contributed by atoms with Crippen molar-refractivity contribution in [2.75, 3.05) is 31.4 Å². The third-order valence-corrected chi connectivity index (χ3v) is 3.24. The largest absolute Gasteiger partial charge is 0.465 e. The fourth-order valence-corrected chi connectivity index (χ4v) is 2.16. The molecule has 0 amide bonds. The molecule has 3 N–H and O–H groups in total. The molecule has 1 aliphatic rings. The molecule has 19 heavy (non-hydrogen) atoms. The minimum Gasteiger partial charge on any atom is -0.465 e. The van der Waals surface area contributed by atoms with Gasteiger partial charge in [-0.1, -0.05) is 0 Å². The summed E-state index contributed by atoms with van der Waals surface area (Å²) < 4.78 is 11.7. The van der Waals surface area contributed by atoms with Gasteiger partial charge in [0.1, 0.15) is 11.4 Å². The summed E-state index contributed by atoms with van der Waals surface area (Å²) in [6.45, 7) is 3.96. The van der Waals surface area contributed by atoms with Crippen molar-refractivity contribution in [3.8, 4) is 0 Å². The molecule has 0 aliphatic carbocycles. The summed E-state index contributed by atoms with van der Waals surface area (Å²) in [4.78, 5) is 11.8. The molecule has 0 aromatic carbocycles. The van der Waals surface area contributed by atoms with E-state index < -0.39 is 5.97 Å². The van der Waals surface area contributed by atoms with E-state index in [2.05, 4.69) is 10.4 Å². The number of rotatable bonds is 4. The van der Waals surface area contributed by atoms with Gasteiger partial charge in [0, 0.05) is 25.8 Å². The van der Waals surface area contributed by atoms with E-state index in [9.17, 15) is 4.79 Å². The van der Waals surface area contributed by atoms with Crippen molar-refractivity contribution in [2.24, 2.45) is 0 Å². The number of anilines is 2. The molecular formula is C12H20N4O3. The Morgan fingerprint density at radius 2 is 2.26 bits per heavy atom. The van der Waals surface area contributed by atoms with Gasteiger partial charge in [-0.3, -0.25) is 0 Å². The molecule has 2 rings (SSSR count). The van der Waals surface area contributed by atoms with Crippen LogP contribution in [0, 0.1) is 0 Å². The minimum absolute atomic E-state index is 0.247. The maximum Gasteiger partial charge on any atom is 0.345 e. The lowest BCUT2D eigenvalue weighted by atomic mass is 10.1. The summed E-state index contributed by atoms with van der Waals surface area (Å²) in [6.07, 6.45) is 1.78. The first-order valence-corrected chi connectivity index (χ1v) is 6.46. The summed E-state index contributed by atoms with van der Waals surface area (Å²) in [6, 6.07) is 0.247. The summed E-state index contributed by atoms with van der Waals surface area (Å²) in [5, 5.41) is 7.60. The van der Waals surface area contributed by atoms with E-state index in [1.807, 2.05) is 6.92 Å². The molecule has 1 fully saturated rings. The number of hydrogen-bond donors (Lipinski definition) is 2. The first-order valence-electron chi connectivity index (χ1n) is 6.46. The fraction of sp³-hybridized carbons (Fsp3) is 0.667. The highest BCUT2D eigenvalue weighted by atomic mass is 16.5. The quantitative estimate of drug-likeness (QED) is 0.787. The molecule has 0 atom stereocenters. The smallest absolute Gasteiger partial charge is 0.345 e. The van der Waals surface area contributed by atoms with Crippen LogP contribution in [-0.4, -0.2) is 42.1 Å². The molecule has 0 saturated carbocycles. The summed E-state index contributed by atoms with van der Waals surface area (Å²) in [5.41, 5.74) is 6.25. The van der Waals surface area contributed by atoms with Crippen LogP contribution in [0.25, 0.3) is 0 Å². The number of nitrogens with zero attached hydrogens (tertiary/aromatic N) is 2. The van der Waals surface area contributed by atoms with Gasteiger partial charge in [-0.15, -0.1) is 0 Å². The zero-order chi connectivity index (χ0) is 13.8. The van der Waals surface area contributed by atoms with Gasteiger partial charge in [0.15, 0.2) is 5.82 Å². The van der Waals surface area contributed by atoms with Gasteiger partial charge in [0.2, 0.25) is 0 Å². The second-order valence-electron chi connectivity index (χ2n) is 4.45. The Kier molecular flexibility index (Phi) is 4.26. The SMILES string of the molecule is CCn1nc(NC2CCOCC2)c(C(=O)OC)c1N. The Morgan fingerprint density at radius 1 is 1.58 bits per heavy atom. The normalized spacial score (nSPS) is 16.3. The van der Waals surface area contributed by atoms with E-state index >= 15 is 0 Å². The third kappa shape index (κ3) is 2.81. The fourth-order valence-electron chi connectivity index (χ4n) is 2.16. The Balaban J connectivity index is 2.24. The maximum atomic E-state index is 11.8. The van der Waals surface area contributed by atoms with Crippen molar-refractivity contribution in [1.29, 1.82) is 0 Å². The van der Waals surface area contributed by atoms with Crippen LogP contribution in [0.3, 0.4) is 0 Å². The van der Waals surface area contributed by atoms with Gasteiger partial charge in [-0.05, 0) is 19.8 Å². The number of aryl methyl sites for hydroxylation is 1. The van der Waals surface area contributed by atoms with E-state index in [4.69, 9.17) is 15.2 Å². The maximum absolute atomic E-state index is 11.8. The standard InChI is InChI=1S/C12H20N4O3/c1-3-16-10(13)9(12(17)18-2)11(15-16)14-8-4-6-19-7-5-8/h8H,3-7,13H2,1-2H3,(H,14,15). The van der Waals surface area contributed by atoms with Crippen LogP contribution in [-0.2, 0) is 16.0 Å². The molecule has 7 nitrogen and oxygen atoms in total. The second-order valence-corrected chi connectivity index (χ2v) is 4.45. The molecule has 0 unspecified atom stereocenters. The molecule has 1 saturated heterocycles. The summed E-state index contributed by atoms with van der Waals surface area (Å²) >= 11 is 0. The van der Waals surface area contributed by atoms with E-state index in [0.29, 0.717) is 23.7 Å². The molecule has 1 aromatic heterocycles. The second kappa shape index (κ2) is 5.92. The van der Waals surface area contributed by atoms with Gasteiger partial charge < -0.3 is 20.5 Å². The number of esters is 1. The predicted molar refractivity (Wildman–Crippen MR) is 71.1 cm³/mol. The number of methoxy groups -OCH3 is 1. The third-order valence-electron chi connectivity index (χ3n) is 3.24. The lowest BCUT2D eigenvalue weighted by Crippen LogP contribution is -2.28. The van der Waals surface area contributed by atoms with Crippen molar-refractivity contribution in [3.05, 3.63) is 5.56 Å². The van der Waals surface area contributed by atoms with E-state index in [1.165, 1.54) is 7.11 Å². The highest BCUT2D eigenvalue weighted by molar-refractivity contribution is 5.99. The zero-order valence-electron chi connectivity index (χ0n) is 11.3. The number of ether oxygens (including phenoxy) is 2. The molecule has 0 spiro atoms. The average Bonchev–Trinajstić information content (AvgIpc) is 2.75. The Bertz CT molecular complexity index is 452. The monoisotopic (exact) mass is 268 g/mol. The predicted octanol–water partition coefficient (Wildman–Crippen LogP) is 0.863. The first-order chi connectivity index (χ1) is 9.17. The highest BCUT2D eigenvalue weighted by Gasteiger charge is 2.25. The van der Waals surface area contributed by atoms with Gasteiger partial charge in [-0.25, -0.2) is 9.48 Å². The van der Waals surface area contributed by atoms with Crippen molar-refractivity contribution in [3.63, 3.8) is 0 Å². The lowest BCUT2D eigenvalue weighted by Gasteiger charge is -2.23. The summed E-state index contributed by atoms with van der Waals surface area (Å²) in [7, 11) is 1.34. The molecule has 0 radical (unpaired) electrons. The van der Waals surface area contributed by atoms with Gasteiger partial charge in [0.05, 0.1) is 7.11 Å². The molecule has 106 valence electrons. The first kappa shape index (κ1) is 13.7. The average molecular weight is 268 g/mol. The Labute approximate surface area is 112 Å². The van der Waals surface area contributed by atoms with Crippen molar-refractivity contribution >= 4 is 17.6 Å². The van der Waals surface area contributed by atoms with Crippen LogP contribution in [0.4, 0.5) is 11.6 Å². The van der Waals surface area contributed by atoms with Gasteiger partial charge in [0.25, 0.3) is 0 Å². The van der Waals surface area contributed by atoms with Crippen molar-refractivity contribution < 1.29 is 14.3 Å². The number of carbonyl (C=O) groups excluding carboxylic acids is 1. The number of nitrogen functional groups attached to an aromatic ring is 1. The van der Waals surface area contributed by atoms with Crippen LogP contribution in [0.2, 0.25) is 0 Å². The van der Waals surface area contributed by atoms with E-state index in [1.54, 1.807) is 4.68 Å². The summed E-state index contributed by atoms with van der Waals surface area (Å²) in [5.74, 6) is 0.369. The number of aromatic nitrogens is 2. The van der Waals surface area contributed by atoms with Gasteiger partial charge >= 0.3 is 5.97 Å². The zero-order valence-corrected chi connectivity index (χ0v) is 11.3. The minimum atomic E-state index is -0.466. The number of hydrogen-bond acceptors (Lipinski definition) is 6. The lowest BCUT2D eigenvalue weighted by molar-refractivity contribution is 0.0602. The molecule has 1 aliphatic heterocycles. The number of carbonyl (C=O) groups is 1. The Morgan fingerprint density at radius 3 is 2.84 bits per heavy atom. The van der Waals surface area contributed by atoms with Crippen LogP contribution < -0.4 is 11.1 Å². The van der Waals surface area contributed by atoms with Crippen molar-refractivity contribution in [2.45, 2.75) is 32.4 Å². The molecule has 2 heterocycles. The van der Waals surface area contributed by atoms with Crippen LogP contribution in [0.5, 0.6) is 0 Å².